The molecule has 0 bridgehead atoms. The van der Waals surface area contributed by atoms with Gasteiger partial charge in [-0.25, -0.2) is 4.98 Å². The minimum absolute atomic E-state index is 0.0715. The van der Waals surface area contributed by atoms with E-state index in [1.165, 1.54) is 9.87 Å². The van der Waals surface area contributed by atoms with Gasteiger partial charge in [-0.2, -0.15) is 8.42 Å². The summed E-state index contributed by atoms with van der Waals surface area (Å²) < 4.78 is 41.3. The Labute approximate surface area is 227 Å². The van der Waals surface area contributed by atoms with Crippen molar-refractivity contribution in [2.75, 3.05) is 24.1 Å². The van der Waals surface area contributed by atoms with Crippen LogP contribution in [-0.2, 0) is 45.4 Å². The van der Waals surface area contributed by atoms with Crippen LogP contribution in [0.25, 0.3) is 0 Å². The van der Waals surface area contributed by atoms with Crippen LogP contribution in [0.15, 0.2) is 46.1 Å². The minimum atomic E-state index is -3.93. The zero-order chi connectivity index (χ0) is 26.9. The molecule has 202 valence electrons. The number of benzene rings is 2. The molecular weight excluding hydrogens is 524 g/mol. The molecule has 0 radical (unpaired) electrons. The molecule has 10 heteroatoms. The Kier molecular flexibility index (Phi) is 7.48. The summed E-state index contributed by atoms with van der Waals surface area (Å²) >= 11 is 1.13. The number of anilines is 1. The fourth-order valence-electron chi connectivity index (χ4n) is 4.85. The van der Waals surface area contributed by atoms with Gasteiger partial charge in [0.05, 0.1) is 18.9 Å². The SMILES string of the molecule is Cc1csc(S(=O)(=O)N(CC2(C)COC2)c2cc3c(cc2OCc2ccc(CCC(=O)O)cc2)CCC3)n1. The van der Waals surface area contributed by atoms with Crippen molar-refractivity contribution in [1.82, 2.24) is 4.98 Å². The highest BCUT2D eigenvalue weighted by atomic mass is 32.2. The highest BCUT2D eigenvalue weighted by Crippen LogP contribution is 2.41. The lowest BCUT2D eigenvalue weighted by Crippen LogP contribution is -2.50. The number of aliphatic carboxylic acids is 1. The van der Waals surface area contributed by atoms with E-state index >= 15 is 0 Å². The molecule has 0 spiro atoms. The molecular formula is C28H32N2O6S2. The summed E-state index contributed by atoms with van der Waals surface area (Å²) in [5.41, 5.74) is 5.10. The van der Waals surface area contributed by atoms with Crippen molar-refractivity contribution < 1.29 is 27.8 Å². The number of fused-ring (bicyclic) bond motifs is 1. The molecule has 5 rings (SSSR count). The number of thiazole rings is 1. The zero-order valence-electron chi connectivity index (χ0n) is 21.6. The van der Waals surface area contributed by atoms with Gasteiger partial charge in [0.15, 0.2) is 0 Å². The van der Waals surface area contributed by atoms with E-state index in [0.29, 0.717) is 36.8 Å². The van der Waals surface area contributed by atoms with E-state index in [2.05, 4.69) is 4.98 Å². The van der Waals surface area contributed by atoms with Crippen molar-refractivity contribution in [3.05, 3.63) is 69.7 Å². The van der Waals surface area contributed by atoms with Crippen LogP contribution in [0.4, 0.5) is 5.69 Å². The second-order valence-electron chi connectivity index (χ2n) is 10.5. The van der Waals surface area contributed by atoms with Gasteiger partial charge >= 0.3 is 5.97 Å². The number of aryl methyl sites for hydroxylation is 4. The van der Waals surface area contributed by atoms with Gasteiger partial charge in [0.25, 0.3) is 10.0 Å². The van der Waals surface area contributed by atoms with Gasteiger partial charge in [-0.05, 0) is 67.0 Å². The molecule has 0 atom stereocenters. The third-order valence-electron chi connectivity index (χ3n) is 7.02. The number of hydrogen-bond acceptors (Lipinski definition) is 7. The first-order chi connectivity index (χ1) is 18.1. The standard InChI is InChI=1S/C28H32N2O6S2/c1-19-15-37-27(29-19)38(33,34)30(16-28(2)17-35-18-28)24-12-22-4-3-5-23(22)13-25(24)36-14-21-8-6-20(7-9-21)10-11-26(31)32/h6-9,12-13,15H,3-5,10-11,14,16-18H2,1-2H3,(H,31,32). The maximum absolute atomic E-state index is 14.0. The van der Waals surface area contributed by atoms with Crippen LogP contribution in [0.5, 0.6) is 5.75 Å². The average molecular weight is 557 g/mol. The third kappa shape index (κ3) is 5.72. The Morgan fingerprint density at radius 2 is 1.84 bits per heavy atom. The summed E-state index contributed by atoms with van der Waals surface area (Å²) in [4.78, 5) is 15.2. The molecule has 1 aliphatic heterocycles. The molecule has 8 nitrogen and oxygen atoms in total. The smallest absolute Gasteiger partial charge is 0.303 e. The molecule has 3 aromatic rings. The van der Waals surface area contributed by atoms with Crippen LogP contribution >= 0.6 is 11.3 Å². The fraction of sp³-hybridized carbons (Fsp3) is 0.429. The normalized spacial score (nSPS) is 16.1. The number of aromatic nitrogens is 1. The van der Waals surface area contributed by atoms with Gasteiger partial charge in [0, 0.05) is 29.5 Å². The number of carboxylic acids is 1. The van der Waals surface area contributed by atoms with Gasteiger partial charge in [-0.3, -0.25) is 9.10 Å². The number of hydrogen-bond donors (Lipinski definition) is 1. The molecule has 2 aliphatic rings. The largest absolute Gasteiger partial charge is 0.487 e. The number of carboxylic acid groups (broad SMARTS) is 1. The van der Waals surface area contributed by atoms with Gasteiger partial charge in [-0.15, -0.1) is 11.3 Å². The lowest BCUT2D eigenvalue weighted by molar-refractivity contribution is -0.136. The summed E-state index contributed by atoms with van der Waals surface area (Å²) in [6.07, 6.45) is 3.43. The van der Waals surface area contributed by atoms with Crippen LogP contribution in [0.2, 0.25) is 0 Å². The Balaban J connectivity index is 1.47. The molecule has 1 aliphatic carbocycles. The van der Waals surface area contributed by atoms with E-state index in [1.807, 2.05) is 43.3 Å². The molecule has 0 saturated carbocycles. The molecule has 38 heavy (non-hydrogen) atoms. The summed E-state index contributed by atoms with van der Waals surface area (Å²) in [6.45, 7) is 5.33. The molecule has 1 aromatic heterocycles. The average Bonchev–Trinajstić information content (AvgIpc) is 3.52. The lowest BCUT2D eigenvalue weighted by atomic mass is 9.88. The molecule has 1 saturated heterocycles. The monoisotopic (exact) mass is 556 g/mol. The van der Waals surface area contributed by atoms with Crippen LogP contribution in [-0.4, -0.2) is 44.2 Å². The Hall–Kier alpha value is -2.95. The summed E-state index contributed by atoms with van der Waals surface area (Å²) in [5, 5.41) is 10.7. The van der Waals surface area contributed by atoms with Crippen molar-refractivity contribution in [3.8, 4) is 5.75 Å². The number of sulfonamides is 1. The van der Waals surface area contributed by atoms with Gasteiger partial charge in [-0.1, -0.05) is 31.2 Å². The van der Waals surface area contributed by atoms with Crippen LogP contribution in [0, 0.1) is 12.3 Å². The first-order valence-corrected chi connectivity index (χ1v) is 15.1. The Bertz CT molecular complexity index is 1430. The van der Waals surface area contributed by atoms with E-state index < -0.39 is 16.0 Å². The van der Waals surface area contributed by atoms with Crippen LogP contribution < -0.4 is 9.04 Å². The van der Waals surface area contributed by atoms with Gasteiger partial charge in [0.2, 0.25) is 4.34 Å². The number of rotatable bonds is 11. The van der Waals surface area contributed by atoms with Crippen LogP contribution in [0.1, 0.15) is 47.7 Å². The van der Waals surface area contributed by atoms with Crippen molar-refractivity contribution in [3.63, 3.8) is 0 Å². The van der Waals surface area contributed by atoms with Gasteiger partial charge in [0.1, 0.15) is 12.4 Å². The van der Waals surface area contributed by atoms with Crippen molar-refractivity contribution in [1.29, 1.82) is 0 Å². The second-order valence-corrected chi connectivity index (χ2v) is 13.4. The molecule has 1 N–H and O–H groups in total. The first kappa shape index (κ1) is 26.6. The zero-order valence-corrected chi connectivity index (χ0v) is 23.2. The van der Waals surface area contributed by atoms with E-state index in [-0.39, 0.29) is 29.3 Å². The highest BCUT2D eigenvalue weighted by Gasteiger charge is 2.41. The number of carbonyl (C=O) groups is 1. The van der Waals surface area contributed by atoms with Crippen molar-refractivity contribution >= 4 is 33.0 Å². The summed E-state index contributed by atoms with van der Waals surface area (Å²) in [6, 6.07) is 11.6. The first-order valence-electron chi connectivity index (χ1n) is 12.7. The van der Waals surface area contributed by atoms with Crippen molar-refractivity contribution in [2.45, 2.75) is 56.9 Å². The highest BCUT2D eigenvalue weighted by molar-refractivity contribution is 7.94. The van der Waals surface area contributed by atoms with Gasteiger partial charge < -0.3 is 14.6 Å². The molecule has 1 fully saturated rings. The van der Waals surface area contributed by atoms with Crippen LogP contribution in [0.3, 0.4) is 0 Å². The third-order valence-corrected chi connectivity index (χ3v) is 10.1. The molecule has 0 amide bonds. The molecule has 2 heterocycles. The Morgan fingerprint density at radius 1 is 1.16 bits per heavy atom. The van der Waals surface area contributed by atoms with E-state index in [9.17, 15) is 13.2 Å². The predicted molar refractivity (Wildman–Crippen MR) is 146 cm³/mol. The lowest BCUT2D eigenvalue weighted by Gasteiger charge is -2.42. The van der Waals surface area contributed by atoms with E-state index in [0.717, 1.165) is 47.3 Å². The maximum atomic E-state index is 14.0. The van der Waals surface area contributed by atoms with E-state index in [1.54, 1.807) is 12.3 Å². The number of nitrogens with zero attached hydrogens (tertiary/aromatic N) is 2. The minimum Gasteiger partial charge on any atom is -0.487 e. The van der Waals surface area contributed by atoms with E-state index in [4.69, 9.17) is 14.6 Å². The van der Waals surface area contributed by atoms with Crippen molar-refractivity contribution in [2.24, 2.45) is 5.41 Å². The number of ether oxygens (including phenoxy) is 2. The molecule has 2 aromatic carbocycles. The fourth-order valence-corrected chi connectivity index (χ4v) is 7.60. The Morgan fingerprint density at radius 3 is 2.45 bits per heavy atom. The predicted octanol–water partition coefficient (Wildman–Crippen LogP) is 4.77. The summed E-state index contributed by atoms with van der Waals surface area (Å²) in [5.74, 6) is -0.294. The topological polar surface area (TPSA) is 106 Å². The second kappa shape index (κ2) is 10.7. The quantitative estimate of drug-likeness (QED) is 0.363. The summed E-state index contributed by atoms with van der Waals surface area (Å²) in [7, 11) is -3.93. The maximum Gasteiger partial charge on any atom is 0.303 e. The molecule has 0 unspecified atom stereocenters.